The fourth-order valence-electron chi connectivity index (χ4n) is 2.30. The molecule has 0 fully saturated rings. The van der Waals surface area contributed by atoms with Crippen molar-refractivity contribution in [3.63, 3.8) is 0 Å². The van der Waals surface area contributed by atoms with Gasteiger partial charge in [0, 0.05) is 24.7 Å². The lowest BCUT2D eigenvalue weighted by Crippen LogP contribution is -2.26. The molecule has 0 saturated carbocycles. The van der Waals surface area contributed by atoms with Gasteiger partial charge in [-0.25, -0.2) is 9.37 Å². The molecule has 0 atom stereocenters. The van der Waals surface area contributed by atoms with Crippen LogP contribution in [0.4, 0.5) is 4.39 Å². The van der Waals surface area contributed by atoms with Crippen LogP contribution in [0, 0.1) is 12.7 Å². The molecule has 0 bridgehead atoms. The van der Waals surface area contributed by atoms with Crippen molar-refractivity contribution in [3.8, 4) is 11.5 Å². The standard InChI is InChI=1S/C18H16FN3O2/c1-12-16(22-18(24-12)13-5-3-2-4-6-13)7-8-21-17(23)14-9-15(19)11-20-10-14/h2-6,9-11H,7-8H2,1H3,(H,21,23). The summed E-state index contributed by atoms with van der Waals surface area (Å²) in [5.41, 5.74) is 1.88. The minimum atomic E-state index is -0.539. The summed E-state index contributed by atoms with van der Waals surface area (Å²) >= 11 is 0. The Labute approximate surface area is 138 Å². The first-order chi connectivity index (χ1) is 11.6. The number of halogens is 1. The van der Waals surface area contributed by atoms with Crippen molar-refractivity contribution in [2.75, 3.05) is 6.54 Å². The van der Waals surface area contributed by atoms with E-state index in [4.69, 9.17) is 4.42 Å². The smallest absolute Gasteiger partial charge is 0.252 e. The molecule has 0 aliphatic carbocycles. The topological polar surface area (TPSA) is 68.0 Å². The fraction of sp³-hybridized carbons (Fsp3) is 0.167. The highest BCUT2D eigenvalue weighted by Gasteiger charge is 2.12. The zero-order chi connectivity index (χ0) is 16.9. The molecular formula is C18H16FN3O2. The average molecular weight is 325 g/mol. The van der Waals surface area contributed by atoms with Crippen LogP contribution < -0.4 is 5.32 Å². The summed E-state index contributed by atoms with van der Waals surface area (Å²) in [7, 11) is 0. The molecule has 0 aliphatic rings. The molecule has 0 radical (unpaired) electrons. The van der Waals surface area contributed by atoms with Crippen LogP contribution in [0.2, 0.25) is 0 Å². The van der Waals surface area contributed by atoms with Gasteiger partial charge < -0.3 is 9.73 Å². The highest BCUT2D eigenvalue weighted by molar-refractivity contribution is 5.93. The first-order valence-electron chi connectivity index (χ1n) is 7.54. The van der Waals surface area contributed by atoms with E-state index < -0.39 is 5.82 Å². The minimum Gasteiger partial charge on any atom is -0.441 e. The maximum atomic E-state index is 13.1. The Bertz CT molecular complexity index is 846. The number of carbonyl (C=O) groups excluding carboxylic acids is 1. The minimum absolute atomic E-state index is 0.192. The Morgan fingerprint density at radius 2 is 2.04 bits per heavy atom. The quantitative estimate of drug-likeness (QED) is 0.782. The number of aryl methyl sites for hydroxylation is 1. The highest BCUT2D eigenvalue weighted by atomic mass is 19.1. The van der Waals surface area contributed by atoms with E-state index in [0.717, 1.165) is 29.3 Å². The van der Waals surface area contributed by atoms with Crippen LogP contribution in [0.1, 0.15) is 21.8 Å². The second-order valence-electron chi connectivity index (χ2n) is 5.29. The molecule has 122 valence electrons. The summed E-state index contributed by atoms with van der Waals surface area (Å²) in [6, 6.07) is 10.8. The number of hydrogen-bond donors (Lipinski definition) is 1. The Hall–Kier alpha value is -3.02. The van der Waals surface area contributed by atoms with E-state index in [1.807, 2.05) is 37.3 Å². The molecule has 0 spiro atoms. The number of carbonyl (C=O) groups is 1. The Balaban J connectivity index is 1.61. The summed E-state index contributed by atoms with van der Waals surface area (Å²) < 4.78 is 18.7. The lowest BCUT2D eigenvalue weighted by molar-refractivity contribution is 0.0953. The fourth-order valence-corrected chi connectivity index (χ4v) is 2.30. The number of nitrogens with one attached hydrogen (secondary N) is 1. The molecule has 0 aliphatic heterocycles. The molecule has 24 heavy (non-hydrogen) atoms. The molecule has 3 rings (SSSR count). The van der Waals surface area contributed by atoms with E-state index >= 15 is 0 Å². The molecule has 3 aromatic rings. The Morgan fingerprint density at radius 1 is 1.25 bits per heavy atom. The van der Waals surface area contributed by atoms with Crippen LogP contribution in [0.25, 0.3) is 11.5 Å². The van der Waals surface area contributed by atoms with E-state index in [2.05, 4.69) is 15.3 Å². The van der Waals surface area contributed by atoms with Crippen LogP contribution in [0.15, 0.2) is 53.2 Å². The number of aromatic nitrogens is 2. The molecule has 2 aromatic heterocycles. The predicted molar refractivity (Wildman–Crippen MR) is 86.9 cm³/mol. The van der Waals surface area contributed by atoms with E-state index in [9.17, 15) is 9.18 Å². The molecule has 2 heterocycles. The Morgan fingerprint density at radius 3 is 2.79 bits per heavy atom. The van der Waals surface area contributed by atoms with Gasteiger partial charge >= 0.3 is 0 Å². The number of rotatable bonds is 5. The van der Waals surface area contributed by atoms with E-state index in [-0.39, 0.29) is 11.5 Å². The van der Waals surface area contributed by atoms with Gasteiger partial charge in [0.2, 0.25) is 5.89 Å². The third kappa shape index (κ3) is 3.65. The second kappa shape index (κ2) is 7.04. The summed E-state index contributed by atoms with van der Waals surface area (Å²) in [5.74, 6) is 0.369. The summed E-state index contributed by atoms with van der Waals surface area (Å²) in [6.07, 6.45) is 2.91. The zero-order valence-corrected chi connectivity index (χ0v) is 13.1. The van der Waals surface area contributed by atoms with Gasteiger partial charge in [-0.2, -0.15) is 0 Å². The van der Waals surface area contributed by atoms with Crippen LogP contribution in [-0.4, -0.2) is 22.4 Å². The van der Waals surface area contributed by atoms with Crippen molar-refractivity contribution in [2.24, 2.45) is 0 Å². The molecule has 6 heteroatoms. The summed E-state index contributed by atoms with van der Waals surface area (Å²) in [4.78, 5) is 20.1. The zero-order valence-electron chi connectivity index (χ0n) is 13.1. The Kier molecular flexibility index (Phi) is 4.65. The lowest BCUT2D eigenvalue weighted by Gasteiger charge is -2.03. The highest BCUT2D eigenvalue weighted by Crippen LogP contribution is 2.21. The summed E-state index contributed by atoms with van der Waals surface area (Å²) in [6.45, 7) is 2.21. The molecule has 1 N–H and O–H groups in total. The van der Waals surface area contributed by atoms with Crippen LogP contribution >= 0.6 is 0 Å². The second-order valence-corrected chi connectivity index (χ2v) is 5.29. The van der Waals surface area contributed by atoms with Crippen molar-refractivity contribution >= 4 is 5.91 Å². The van der Waals surface area contributed by atoms with Crippen molar-refractivity contribution < 1.29 is 13.6 Å². The van der Waals surface area contributed by atoms with Gasteiger partial charge in [-0.05, 0) is 25.1 Å². The average Bonchev–Trinajstić information content (AvgIpc) is 2.96. The van der Waals surface area contributed by atoms with Gasteiger partial charge in [0.25, 0.3) is 5.91 Å². The van der Waals surface area contributed by atoms with Gasteiger partial charge in [0.1, 0.15) is 11.6 Å². The van der Waals surface area contributed by atoms with Gasteiger partial charge in [-0.15, -0.1) is 0 Å². The number of pyridine rings is 1. The molecule has 1 aromatic carbocycles. The first-order valence-corrected chi connectivity index (χ1v) is 7.54. The van der Waals surface area contributed by atoms with E-state index in [0.29, 0.717) is 18.9 Å². The monoisotopic (exact) mass is 325 g/mol. The predicted octanol–water partition coefficient (Wildman–Crippen LogP) is 3.16. The normalized spacial score (nSPS) is 10.6. The number of nitrogens with zero attached hydrogens (tertiary/aromatic N) is 2. The van der Waals surface area contributed by atoms with Crippen LogP contribution in [0.5, 0.6) is 0 Å². The maximum absolute atomic E-state index is 13.1. The lowest BCUT2D eigenvalue weighted by atomic mass is 10.2. The maximum Gasteiger partial charge on any atom is 0.252 e. The third-order valence-corrected chi connectivity index (χ3v) is 3.53. The number of oxazole rings is 1. The van der Waals surface area contributed by atoms with Crippen LogP contribution in [-0.2, 0) is 6.42 Å². The first kappa shape index (κ1) is 15.9. The van der Waals surface area contributed by atoms with Crippen molar-refractivity contribution in [3.05, 3.63) is 71.6 Å². The van der Waals surface area contributed by atoms with Crippen molar-refractivity contribution in [1.82, 2.24) is 15.3 Å². The number of benzene rings is 1. The van der Waals surface area contributed by atoms with E-state index in [1.165, 1.54) is 6.20 Å². The van der Waals surface area contributed by atoms with Crippen molar-refractivity contribution in [1.29, 1.82) is 0 Å². The van der Waals surface area contributed by atoms with Gasteiger partial charge in [-0.3, -0.25) is 9.78 Å². The molecular weight excluding hydrogens is 309 g/mol. The van der Waals surface area contributed by atoms with Crippen LogP contribution in [0.3, 0.4) is 0 Å². The molecule has 1 amide bonds. The molecule has 5 nitrogen and oxygen atoms in total. The molecule has 0 saturated heterocycles. The van der Waals surface area contributed by atoms with Gasteiger partial charge in [-0.1, -0.05) is 18.2 Å². The third-order valence-electron chi connectivity index (χ3n) is 3.53. The van der Waals surface area contributed by atoms with Gasteiger partial charge in [0.05, 0.1) is 17.5 Å². The number of hydrogen-bond acceptors (Lipinski definition) is 4. The largest absolute Gasteiger partial charge is 0.441 e. The molecule has 0 unspecified atom stereocenters. The summed E-state index contributed by atoms with van der Waals surface area (Å²) in [5, 5.41) is 2.72. The van der Waals surface area contributed by atoms with E-state index in [1.54, 1.807) is 0 Å². The van der Waals surface area contributed by atoms with Crippen molar-refractivity contribution in [2.45, 2.75) is 13.3 Å². The SMILES string of the molecule is Cc1oc(-c2ccccc2)nc1CCNC(=O)c1cncc(F)c1. The number of amides is 1. The van der Waals surface area contributed by atoms with Gasteiger partial charge in [0.15, 0.2) is 0 Å².